The van der Waals surface area contributed by atoms with Crippen molar-refractivity contribution < 1.29 is 33.3 Å². The summed E-state index contributed by atoms with van der Waals surface area (Å²) in [5.74, 6) is -0.0774. The summed E-state index contributed by atoms with van der Waals surface area (Å²) in [7, 11) is 5.75. The number of ether oxygens (including phenoxy) is 5. The van der Waals surface area contributed by atoms with E-state index in [2.05, 4.69) is 5.32 Å². The van der Waals surface area contributed by atoms with Crippen LogP contribution in [0.3, 0.4) is 0 Å². The van der Waals surface area contributed by atoms with Crippen LogP contribution in [0.5, 0.6) is 23.0 Å². The average Bonchev–Trinajstić information content (AvgIpc) is 2.72. The van der Waals surface area contributed by atoms with Crippen molar-refractivity contribution in [2.75, 3.05) is 46.1 Å². The summed E-state index contributed by atoms with van der Waals surface area (Å²) < 4.78 is 25.8. The lowest BCUT2D eigenvalue weighted by molar-refractivity contribution is -0.119. The highest BCUT2D eigenvalue weighted by atomic mass is 35.5. The average molecular weight is 425 g/mol. The molecule has 2 rings (SSSR count). The Hall–Kier alpha value is -3.33. The number of carbonyl (C=O) groups excluding carboxylic acids is 2. The summed E-state index contributed by atoms with van der Waals surface area (Å²) in [5, 5.41) is 2.76. The van der Waals surface area contributed by atoms with Gasteiger partial charge < -0.3 is 34.7 Å². The number of anilines is 2. The molecule has 0 saturated carbocycles. The number of nitrogens with one attached hydrogen (secondary N) is 1. The van der Waals surface area contributed by atoms with Gasteiger partial charge in [0, 0.05) is 23.9 Å². The van der Waals surface area contributed by atoms with Crippen LogP contribution in [0.25, 0.3) is 0 Å². The molecule has 0 radical (unpaired) electrons. The number of benzene rings is 2. The molecule has 0 aliphatic rings. The van der Waals surface area contributed by atoms with Gasteiger partial charge in [-0.05, 0) is 6.07 Å². The number of hydrogen-bond acceptors (Lipinski definition) is 8. The van der Waals surface area contributed by atoms with Crippen LogP contribution in [0.1, 0.15) is 10.4 Å². The maximum atomic E-state index is 12.3. The summed E-state index contributed by atoms with van der Waals surface area (Å²) in [6.07, 6.45) is 0. The van der Waals surface area contributed by atoms with Crippen LogP contribution < -0.4 is 30.0 Å². The molecule has 0 fully saturated rings. The van der Waals surface area contributed by atoms with Gasteiger partial charge in [0.05, 0.1) is 39.1 Å². The molecule has 2 aromatic carbocycles. The fraction of sp³-hybridized carbons (Fsp3) is 0.263. The summed E-state index contributed by atoms with van der Waals surface area (Å²) >= 11 is 5.94. The zero-order valence-electron chi connectivity index (χ0n) is 16.3. The Kier molecular flexibility index (Phi) is 7.38. The Bertz CT molecular complexity index is 893. The maximum Gasteiger partial charge on any atom is 0.342 e. The number of esters is 1. The predicted molar refractivity (Wildman–Crippen MR) is 107 cm³/mol. The number of hydrogen-bond donors (Lipinski definition) is 2. The van der Waals surface area contributed by atoms with E-state index in [4.69, 9.17) is 41.0 Å². The van der Waals surface area contributed by atoms with Crippen molar-refractivity contribution in [1.29, 1.82) is 0 Å². The Morgan fingerprint density at radius 2 is 1.52 bits per heavy atom. The Morgan fingerprint density at radius 3 is 2.03 bits per heavy atom. The number of halogens is 1. The van der Waals surface area contributed by atoms with Crippen LogP contribution in [0.4, 0.5) is 11.4 Å². The molecule has 0 bridgehead atoms. The second-order valence-electron chi connectivity index (χ2n) is 5.61. The number of carbonyl (C=O) groups is 2. The third-order valence-electron chi connectivity index (χ3n) is 3.82. The zero-order chi connectivity index (χ0) is 21.6. The summed E-state index contributed by atoms with van der Waals surface area (Å²) in [6, 6.07) is 5.80. The van der Waals surface area contributed by atoms with Crippen LogP contribution in [0.2, 0.25) is 5.02 Å². The standard InChI is InChI=1S/C19H21ClN2O7/c1-25-14-8-13(21)12(20)7-11(14)19(24)29-9-17(23)22-10-5-15(26-2)18(28-4)16(6-10)27-3/h5-8H,9,21H2,1-4H3,(H,22,23). The van der Waals surface area contributed by atoms with Crippen LogP contribution in [0.15, 0.2) is 24.3 Å². The molecule has 3 N–H and O–H groups in total. The fourth-order valence-corrected chi connectivity index (χ4v) is 2.62. The highest BCUT2D eigenvalue weighted by Crippen LogP contribution is 2.39. The highest BCUT2D eigenvalue weighted by Gasteiger charge is 2.19. The lowest BCUT2D eigenvalue weighted by Crippen LogP contribution is -2.21. The van der Waals surface area contributed by atoms with Crippen molar-refractivity contribution in [3.8, 4) is 23.0 Å². The lowest BCUT2D eigenvalue weighted by Gasteiger charge is -2.15. The molecule has 2 aromatic rings. The molecule has 1 amide bonds. The Labute approximate surface area is 172 Å². The highest BCUT2D eigenvalue weighted by molar-refractivity contribution is 6.33. The van der Waals surface area contributed by atoms with Gasteiger partial charge in [0.1, 0.15) is 11.3 Å². The summed E-state index contributed by atoms with van der Waals surface area (Å²) in [5.41, 5.74) is 6.35. The molecule has 29 heavy (non-hydrogen) atoms. The molecule has 0 unspecified atom stereocenters. The minimum Gasteiger partial charge on any atom is -0.496 e. The lowest BCUT2D eigenvalue weighted by atomic mass is 10.2. The number of amides is 1. The second-order valence-corrected chi connectivity index (χ2v) is 6.02. The molecule has 10 heteroatoms. The van der Waals surface area contributed by atoms with E-state index < -0.39 is 18.5 Å². The first kappa shape index (κ1) is 22.0. The van der Waals surface area contributed by atoms with Crippen LogP contribution in [0, 0.1) is 0 Å². The first-order valence-corrected chi connectivity index (χ1v) is 8.62. The first-order chi connectivity index (χ1) is 13.8. The third-order valence-corrected chi connectivity index (χ3v) is 4.15. The van der Waals surface area contributed by atoms with Gasteiger partial charge in [0.2, 0.25) is 5.75 Å². The number of rotatable bonds is 8. The van der Waals surface area contributed by atoms with Gasteiger partial charge in [0.15, 0.2) is 18.1 Å². The van der Waals surface area contributed by atoms with Crippen LogP contribution >= 0.6 is 11.6 Å². The SMILES string of the molecule is COc1cc(N)c(Cl)cc1C(=O)OCC(=O)Nc1cc(OC)c(OC)c(OC)c1. The predicted octanol–water partition coefficient (Wildman–Crippen LogP) is 2.75. The van der Waals surface area contributed by atoms with Crippen molar-refractivity contribution in [3.05, 3.63) is 34.9 Å². The van der Waals surface area contributed by atoms with E-state index in [1.54, 1.807) is 12.1 Å². The smallest absolute Gasteiger partial charge is 0.342 e. The number of methoxy groups -OCH3 is 4. The van der Waals surface area contributed by atoms with E-state index in [-0.39, 0.29) is 22.0 Å². The monoisotopic (exact) mass is 424 g/mol. The van der Waals surface area contributed by atoms with E-state index in [9.17, 15) is 9.59 Å². The van der Waals surface area contributed by atoms with Gasteiger partial charge in [-0.3, -0.25) is 4.79 Å². The molecular weight excluding hydrogens is 404 g/mol. The molecule has 0 aliphatic heterocycles. The molecule has 0 atom stereocenters. The van der Waals surface area contributed by atoms with Gasteiger partial charge in [0.25, 0.3) is 5.91 Å². The van der Waals surface area contributed by atoms with Crippen molar-refractivity contribution in [2.45, 2.75) is 0 Å². The largest absolute Gasteiger partial charge is 0.496 e. The van der Waals surface area contributed by atoms with Crippen LogP contribution in [-0.2, 0) is 9.53 Å². The Balaban J connectivity index is 2.09. The third kappa shape index (κ3) is 5.14. The van der Waals surface area contributed by atoms with Crippen LogP contribution in [-0.4, -0.2) is 46.9 Å². The number of nitrogens with two attached hydrogens (primary N) is 1. The van der Waals surface area contributed by atoms with Crippen molar-refractivity contribution in [2.24, 2.45) is 0 Å². The minimum absolute atomic E-state index is 0.0484. The molecule has 9 nitrogen and oxygen atoms in total. The van der Waals surface area contributed by atoms with E-state index >= 15 is 0 Å². The van der Waals surface area contributed by atoms with Crippen molar-refractivity contribution in [3.63, 3.8) is 0 Å². The molecule has 0 heterocycles. The topological polar surface area (TPSA) is 118 Å². The van der Waals surface area contributed by atoms with Crippen molar-refractivity contribution >= 4 is 34.9 Å². The van der Waals surface area contributed by atoms with Gasteiger partial charge in [-0.15, -0.1) is 0 Å². The van der Waals surface area contributed by atoms with Gasteiger partial charge in [-0.2, -0.15) is 0 Å². The Morgan fingerprint density at radius 1 is 0.931 bits per heavy atom. The quantitative estimate of drug-likeness (QED) is 0.490. The van der Waals surface area contributed by atoms with Crippen molar-refractivity contribution in [1.82, 2.24) is 0 Å². The van der Waals surface area contributed by atoms with E-state index in [1.807, 2.05) is 0 Å². The summed E-state index contributed by atoms with van der Waals surface area (Å²) in [4.78, 5) is 24.5. The van der Waals surface area contributed by atoms with Gasteiger partial charge in [-0.25, -0.2) is 4.79 Å². The van der Waals surface area contributed by atoms with E-state index in [0.29, 0.717) is 22.9 Å². The summed E-state index contributed by atoms with van der Waals surface area (Å²) in [6.45, 7) is -0.541. The van der Waals surface area contributed by atoms with E-state index in [0.717, 1.165) is 0 Å². The van der Waals surface area contributed by atoms with Gasteiger partial charge >= 0.3 is 5.97 Å². The van der Waals surface area contributed by atoms with E-state index in [1.165, 1.54) is 40.6 Å². The minimum atomic E-state index is -0.788. The molecule has 0 aliphatic carbocycles. The second kappa shape index (κ2) is 9.74. The first-order valence-electron chi connectivity index (χ1n) is 8.24. The molecule has 156 valence electrons. The normalized spacial score (nSPS) is 10.1. The fourth-order valence-electron chi connectivity index (χ4n) is 2.46. The molecule has 0 spiro atoms. The molecular formula is C19H21ClN2O7. The number of nitrogen functional groups attached to an aromatic ring is 1. The zero-order valence-corrected chi connectivity index (χ0v) is 17.1. The maximum absolute atomic E-state index is 12.3. The molecule has 0 aromatic heterocycles. The molecule has 0 saturated heterocycles. The van der Waals surface area contributed by atoms with Gasteiger partial charge in [-0.1, -0.05) is 11.6 Å².